The fourth-order valence-corrected chi connectivity index (χ4v) is 3.87. The van der Waals surface area contributed by atoms with Crippen LogP contribution < -0.4 is 4.90 Å². The molecule has 6 nitrogen and oxygen atoms in total. The summed E-state index contributed by atoms with van der Waals surface area (Å²) in [5.74, 6) is 0.764. The highest BCUT2D eigenvalue weighted by atomic mass is 16.2. The Morgan fingerprint density at radius 2 is 1.62 bits per heavy atom. The molecule has 1 aromatic heterocycles. The summed E-state index contributed by atoms with van der Waals surface area (Å²) in [5, 5.41) is 0. The third-order valence-corrected chi connectivity index (χ3v) is 5.29. The number of allylic oxidation sites excluding steroid dienone is 2. The lowest BCUT2D eigenvalue weighted by Gasteiger charge is -2.36. The number of carbonyl (C=O) groups excluding carboxylic acids is 2. The molecule has 6 heteroatoms. The van der Waals surface area contributed by atoms with E-state index in [1.807, 2.05) is 30.4 Å². The summed E-state index contributed by atoms with van der Waals surface area (Å²) < 4.78 is 0. The number of pyridine rings is 1. The van der Waals surface area contributed by atoms with Crippen molar-refractivity contribution in [1.82, 2.24) is 14.8 Å². The Morgan fingerprint density at radius 3 is 2.21 bits per heavy atom. The van der Waals surface area contributed by atoms with Crippen LogP contribution in [0.2, 0.25) is 0 Å². The maximum absolute atomic E-state index is 12.5. The number of hydrogen-bond acceptors (Lipinski definition) is 5. The SMILES string of the molecule is O=C1[C@H]2CC=CC[C@@H]2C(=O)N1CN1CCN(c2ccccn2)CC1. The number of aromatic nitrogens is 1. The van der Waals surface area contributed by atoms with E-state index < -0.39 is 0 Å². The first kappa shape index (κ1) is 15.3. The fraction of sp³-hybridized carbons (Fsp3) is 0.500. The van der Waals surface area contributed by atoms with E-state index >= 15 is 0 Å². The fourth-order valence-electron chi connectivity index (χ4n) is 3.87. The number of hydrogen-bond donors (Lipinski definition) is 0. The quantitative estimate of drug-likeness (QED) is 0.615. The Morgan fingerprint density at radius 1 is 0.958 bits per heavy atom. The Bertz CT molecular complexity index is 626. The standard InChI is InChI=1S/C18H22N4O2/c23-17-14-5-1-2-6-15(14)18(24)22(17)13-20-9-11-21(12-10-20)16-7-3-4-8-19-16/h1-4,7-8,14-15H,5-6,9-13H2/t14-,15-/m0/s1. The van der Waals surface area contributed by atoms with Crippen LogP contribution >= 0.6 is 0 Å². The Labute approximate surface area is 141 Å². The first-order valence-electron chi connectivity index (χ1n) is 8.62. The van der Waals surface area contributed by atoms with E-state index in [1.165, 1.54) is 4.90 Å². The monoisotopic (exact) mass is 326 g/mol. The number of piperazine rings is 1. The van der Waals surface area contributed by atoms with Gasteiger partial charge in [0.1, 0.15) is 5.82 Å². The minimum absolute atomic E-state index is 0.0153. The average Bonchev–Trinajstić information content (AvgIpc) is 2.88. The summed E-state index contributed by atoms with van der Waals surface area (Å²) in [5.41, 5.74) is 0. The van der Waals surface area contributed by atoms with Gasteiger partial charge in [0.2, 0.25) is 11.8 Å². The summed E-state index contributed by atoms with van der Waals surface area (Å²) in [6.07, 6.45) is 7.28. The molecule has 0 unspecified atom stereocenters. The van der Waals surface area contributed by atoms with Crippen LogP contribution in [0.4, 0.5) is 5.82 Å². The number of rotatable bonds is 3. The predicted molar refractivity (Wildman–Crippen MR) is 90.1 cm³/mol. The Balaban J connectivity index is 1.36. The largest absolute Gasteiger partial charge is 0.354 e. The highest BCUT2D eigenvalue weighted by Crippen LogP contribution is 2.35. The van der Waals surface area contributed by atoms with Crippen LogP contribution in [0.5, 0.6) is 0 Å². The van der Waals surface area contributed by atoms with Gasteiger partial charge in [-0.3, -0.25) is 19.4 Å². The molecule has 2 amide bonds. The topological polar surface area (TPSA) is 56.8 Å². The molecule has 2 atom stereocenters. The second-order valence-electron chi connectivity index (χ2n) is 6.69. The second-order valence-corrected chi connectivity index (χ2v) is 6.69. The molecule has 0 aromatic carbocycles. The highest BCUT2D eigenvalue weighted by Gasteiger charge is 2.47. The summed E-state index contributed by atoms with van der Waals surface area (Å²) in [6.45, 7) is 3.83. The van der Waals surface area contributed by atoms with Gasteiger partial charge in [0.15, 0.2) is 0 Å². The molecular formula is C18H22N4O2. The first-order valence-corrected chi connectivity index (χ1v) is 8.62. The van der Waals surface area contributed by atoms with Crippen LogP contribution in [0.15, 0.2) is 36.5 Å². The summed E-state index contributed by atoms with van der Waals surface area (Å²) in [7, 11) is 0. The van der Waals surface area contributed by atoms with Crippen LogP contribution in [0.1, 0.15) is 12.8 Å². The van der Waals surface area contributed by atoms with E-state index in [2.05, 4.69) is 14.8 Å². The van der Waals surface area contributed by atoms with E-state index in [1.54, 1.807) is 6.20 Å². The molecule has 126 valence electrons. The number of fused-ring (bicyclic) bond motifs is 1. The van der Waals surface area contributed by atoms with Gasteiger partial charge in [-0.1, -0.05) is 18.2 Å². The summed E-state index contributed by atoms with van der Waals surface area (Å²) in [6, 6.07) is 5.92. The molecule has 0 spiro atoms. The normalized spacial score (nSPS) is 27.7. The van der Waals surface area contributed by atoms with Gasteiger partial charge in [-0.2, -0.15) is 0 Å². The van der Waals surface area contributed by atoms with Crippen molar-refractivity contribution in [3.63, 3.8) is 0 Å². The average molecular weight is 326 g/mol. The zero-order valence-electron chi connectivity index (χ0n) is 13.7. The molecule has 1 aromatic rings. The van der Waals surface area contributed by atoms with E-state index in [4.69, 9.17) is 0 Å². The number of amides is 2. The van der Waals surface area contributed by atoms with Crippen LogP contribution in [-0.2, 0) is 9.59 Å². The third-order valence-electron chi connectivity index (χ3n) is 5.29. The molecular weight excluding hydrogens is 304 g/mol. The molecule has 2 saturated heterocycles. The van der Waals surface area contributed by atoms with E-state index in [0.29, 0.717) is 19.5 Å². The molecule has 0 radical (unpaired) electrons. The maximum atomic E-state index is 12.5. The molecule has 0 bridgehead atoms. The van der Waals surface area contributed by atoms with E-state index in [-0.39, 0.29) is 23.7 Å². The van der Waals surface area contributed by atoms with Gasteiger partial charge < -0.3 is 4.90 Å². The van der Waals surface area contributed by atoms with Gasteiger partial charge >= 0.3 is 0 Å². The minimum Gasteiger partial charge on any atom is -0.354 e. The molecule has 1 aliphatic carbocycles. The van der Waals surface area contributed by atoms with Crippen molar-refractivity contribution in [2.45, 2.75) is 12.8 Å². The van der Waals surface area contributed by atoms with Crippen LogP contribution in [0.3, 0.4) is 0 Å². The molecule has 0 saturated carbocycles. The molecule has 2 aliphatic heterocycles. The van der Waals surface area contributed by atoms with E-state index in [9.17, 15) is 9.59 Å². The zero-order chi connectivity index (χ0) is 16.5. The second kappa shape index (κ2) is 6.36. The molecule has 3 aliphatic rings. The van der Waals surface area contributed by atoms with Gasteiger partial charge in [0.05, 0.1) is 18.5 Å². The van der Waals surface area contributed by atoms with Gasteiger partial charge in [-0.05, 0) is 25.0 Å². The molecule has 2 fully saturated rings. The van der Waals surface area contributed by atoms with Gasteiger partial charge in [0.25, 0.3) is 0 Å². The van der Waals surface area contributed by atoms with E-state index in [0.717, 1.165) is 32.0 Å². The molecule has 4 rings (SSSR count). The van der Waals surface area contributed by atoms with Crippen molar-refractivity contribution in [1.29, 1.82) is 0 Å². The Kier molecular flexibility index (Phi) is 4.06. The van der Waals surface area contributed by atoms with Crippen molar-refractivity contribution >= 4 is 17.6 Å². The van der Waals surface area contributed by atoms with Crippen molar-refractivity contribution in [2.75, 3.05) is 37.7 Å². The predicted octanol–water partition coefficient (Wildman–Crippen LogP) is 1.11. The van der Waals surface area contributed by atoms with Gasteiger partial charge in [-0.15, -0.1) is 0 Å². The zero-order valence-corrected chi connectivity index (χ0v) is 13.7. The molecule has 3 heterocycles. The molecule has 24 heavy (non-hydrogen) atoms. The number of anilines is 1. The lowest BCUT2D eigenvalue weighted by molar-refractivity contribution is -0.142. The van der Waals surface area contributed by atoms with Crippen molar-refractivity contribution < 1.29 is 9.59 Å². The van der Waals surface area contributed by atoms with Crippen molar-refractivity contribution in [2.24, 2.45) is 11.8 Å². The maximum Gasteiger partial charge on any atom is 0.234 e. The van der Waals surface area contributed by atoms with Crippen molar-refractivity contribution in [3.8, 4) is 0 Å². The number of imide groups is 1. The molecule has 0 N–H and O–H groups in total. The van der Waals surface area contributed by atoms with Gasteiger partial charge in [-0.25, -0.2) is 4.98 Å². The lowest BCUT2D eigenvalue weighted by Crippen LogP contribution is -2.51. The summed E-state index contributed by atoms with van der Waals surface area (Å²) >= 11 is 0. The Hall–Kier alpha value is -2.21. The minimum atomic E-state index is -0.127. The first-order chi connectivity index (χ1) is 11.7. The third kappa shape index (κ3) is 2.71. The van der Waals surface area contributed by atoms with Gasteiger partial charge in [0, 0.05) is 32.4 Å². The van der Waals surface area contributed by atoms with Crippen LogP contribution in [-0.4, -0.2) is 59.4 Å². The van der Waals surface area contributed by atoms with Crippen molar-refractivity contribution in [3.05, 3.63) is 36.5 Å². The van der Waals surface area contributed by atoms with Crippen LogP contribution in [0.25, 0.3) is 0 Å². The number of likely N-dealkylation sites (tertiary alicyclic amines) is 1. The summed E-state index contributed by atoms with van der Waals surface area (Å²) in [4.78, 5) is 35.4. The lowest BCUT2D eigenvalue weighted by atomic mass is 9.85. The number of carbonyl (C=O) groups is 2. The number of nitrogens with zero attached hydrogens (tertiary/aromatic N) is 4. The van der Waals surface area contributed by atoms with Crippen LogP contribution in [0, 0.1) is 11.8 Å². The smallest absolute Gasteiger partial charge is 0.234 e. The highest BCUT2D eigenvalue weighted by molar-refractivity contribution is 6.05.